The van der Waals surface area contributed by atoms with Crippen LogP contribution in [0.2, 0.25) is 0 Å². The van der Waals surface area contributed by atoms with Gasteiger partial charge in [0.1, 0.15) is 0 Å². The second kappa shape index (κ2) is 9.56. The van der Waals surface area contributed by atoms with E-state index in [2.05, 4.69) is 29.3 Å². The number of ether oxygens (including phenoxy) is 2. The van der Waals surface area contributed by atoms with Crippen LogP contribution in [0.4, 0.5) is 5.69 Å². The average Bonchev–Trinajstić information content (AvgIpc) is 3.34. The summed E-state index contributed by atoms with van der Waals surface area (Å²) in [6.45, 7) is 4.23. The molecule has 0 radical (unpaired) electrons. The molecule has 0 aliphatic heterocycles. The van der Waals surface area contributed by atoms with Gasteiger partial charge in [0.15, 0.2) is 11.5 Å². The summed E-state index contributed by atoms with van der Waals surface area (Å²) >= 11 is 0. The molecular weight excluding hydrogens is 418 g/mol. The first-order chi connectivity index (χ1) is 16.0. The SMILES string of the molecule is COc1ccc(-c2noc(-c3ccccc3NC(=O)c3ccc(C(C)C)cc3)n2)cc1OC. The van der Waals surface area contributed by atoms with Gasteiger partial charge in [-0.1, -0.05) is 43.3 Å². The molecule has 7 heteroatoms. The number of amides is 1. The number of anilines is 1. The molecule has 0 bridgehead atoms. The molecule has 0 unspecified atom stereocenters. The van der Waals surface area contributed by atoms with Crippen LogP contribution in [0.15, 0.2) is 71.3 Å². The van der Waals surface area contributed by atoms with Crippen LogP contribution in [-0.4, -0.2) is 30.3 Å². The second-order valence-electron chi connectivity index (χ2n) is 7.77. The van der Waals surface area contributed by atoms with E-state index in [1.54, 1.807) is 32.4 Å². The summed E-state index contributed by atoms with van der Waals surface area (Å²) < 4.78 is 16.2. The summed E-state index contributed by atoms with van der Waals surface area (Å²) in [7, 11) is 3.15. The lowest BCUT2D eigenvalue weighted by atomic mass is 10.0. The van der Waals surface area contributed by atoms with Crippen molar-refractivity contribution in [2.24, 2.45) is 0 Å². The fraction of sp³-hybridized carbons (Fsp3) is 0.192. The van der Waals surface area contributed by atoms with Crippen LogP contribution >= 0.6 is 0 Å². The van der Waals surface area contributed by atoms with Crippen LogP contribution in [0.3, 0.4) is 0 Å². The maximum absolute atomic E-state index is 12.8. The van der Waals surface area contributed by atoms with E-state index >= 15 is 0 Å². The number of para-hydroxylation sites is 1. The highest BCUT2D eigenvalue weighted by atomic mass is 16.5. The van der Waals surface area contributed by atoms with E-state index in [-0.39, 0.29) is 5.91 Å². The summed E-state index contributed by atoms with van der Waals surface area (Å²) in [6.07, 6.45) is 0. The van der Waals surface area contributed by atoms with E-state index < -0.39 is 0 Å². The molecule has 7 nitrogen and oxygen atoms in total. The summed E-state index contributed by atoms with van der Waals surface area (Å²) in [4.78, 5) is 17.4. The van der Waals surface area contributed by atoms with Gasteiger partial charge < -0.3 is 19.3 Å². The second-order valence-corrected chi connectivity index (χ2v) is 7.77. The van der Waals surface area contributed by atoms with E-state index in [0.717, 1.165) is 5.56 Å². The molecule has 1 amide bonds. The predicted octanol–water partition coefficient (Wildman–Crippen LogP) is 5.80. The molecule has 3 aromatic carbocycles. The summed E-state index contributed by atoms with van der Waals surface area (Å²) in [5.74, 6) is 2.07. The molecule has 1 heterocycles. The number of benzene rings is 3. The summed E-state index contributed by atoms with van der Waals surface area (Å²) in [6, 6.07) is 20.3. The van der Waals surface area contributed by atoms with E-state index in [4.69, 9.17) is 14.0 Å². The Labute approximate surface area is 192 Å². The van der Waals surface area contributed by atoms with Crippen LogP contribution in [0.25, 0.3) is 22.8 Å². The molecule has 168 valence electrons. The number of carbonyl (C=O) groups is 1. The zero-order chi connectivity index (χ0) is 23.4. The van der Waals surface area contributed by atoms with Crippen molar-refractivity contribution in [2.75, 3.05) is 19.5 Å². The lowest BCUT2D eigenvalue weighted by molar-refractivity contribution is 0.102. The van der Waals surface area contributed by atoms with E-state index in [9.17, 15) is 4.79 Å². The minimum Gasteiger partial charge on any atom is -0.493 e. The zero-order valence-corrected chi connectivity index (χ0v) is 19.0. The monoisotopic (exact) mass is 443 g/mol. The minimum atomic E-state index is -0.211. The third-order valence-corrected chi connectivity index (χ3v) is 5.31. The van der Waals surface area contributed by atoms with Crippen molar-refractivity contribution in [3.8, 4) is 34.3 Å². The standard InChI is InChI=1S/C26H25N3O4/c1-16(2)17-9-11-18(12-10-17)25(30)27-21-8-6-5-7-20(21)26-28-24(29-33-26)19-13-14-22(31-3)23(15-19)32-4/h5-16H,1-4H3,(H,27,30). The molecule has 0 atom stereocenters. The Bertz CT molecular complexity index is 1260. The van der Waals surface area contributed by atoms with Gasteiger partial charge in [-0.25, -0.2) is 0 Å². The van der Waals surface area contributed by atoms with E-state index in [1.165, 1.54) is 5.56 Å². The quantitative estimate of drug-likeness (QED) is 0.389. The third kappa shape index (κ3) is 4.72. The fourth-order valence-electron chi connectivity index (χ4n) is 3.42. The molecule has 0 aliphatic carbocycles. The third-order valence-electron chi connectivity index (χ3n) is 5.31. The number of nitrogens with one attached hydrogen (secondary N) is 1. The highest BCUT2D eigenvalue weighted by Crippen LogP contribution is 2.33. The molecular formula is C26H25N3O4. The Kier molecular flexibility index (Phi) is 6.40. The number of rotatable bonds is 7. The maximum Gasteiger partial charge on any atom is 0.260 e. The van der Waals surface area contributed by atoms with Crippen molar-refractivity contribution in [2.45, 2.75) is 19.8 Å². The van der Waals surface area contributed by atoms with Crippen molar-refractivity contribution in [3.63, 3.8) is 0 Å². The molecule has 33 heavy (non-hydrogen) atoms. The van der Waals surface area contributed by atoms with Gasteiger partial charge in [-0.05, 0) is 53.9 Å². The van der Waals surface area contributed by atoms with Gasteiger partial charge in [0.25, 0.3) is 11.8 Å². The van der Waals surface area contributed by atoms with Crippen molar-refractivity contribution >= 4 is 11.6 Å². The summed E-state index contributed by atoms with van der Waals surface area (Å²) in [5, 5.41) is 7.06. The predicted molar refractivity (Wildman–Crippen MR) is 127 cm³/mol. The average molecular weight is 444 g/mol. The Balaban J connectivity index is 1.59. The molecule has 4 aromatic rings. The molecule has 4 rings (SSSR count). The van der Waals surface area contributed by atoms with Crippen LogP contribution in [0.1, 0.15) is 35.7 Å². The van der Waals surface area contributed by atoms with Gasteiger partial charge in [0.2, 0.25) is 5.82 Å². The Morgan fingerprint density at radius 2 is 1.67 bits per heavy atom. The first kappa shape index (κ1) is 22.1. The van der Waals surface area contributed by atoms with Crippen molar-refractivity contribution in [1.29, 1.82) is 0 Å². The minimum absolute atomic E-state index is 0.211. The molecule has 0 fully saturated rings. The highest BCUT2D eigenvalue weighted by molar-refractivity contribution is 6.06. The first-order valence-corrected chi connectivity index (χ1v) is 10.6. The maximum atomic E-state index is 12.8. The number of nitrogens with zero attached hydrogens (tertiary/aromatic N) is 2. The van der Waals surface area contributed by atoms with Crippen LogP contribution < -0.4 is 14.8 Å². The highest BCUT2D eigenvalue weighted by Gasteiger charge is 2.17. The van der Waals surface area contributed by atoms with Gasteiger partial charge in [-0.2, -0.15) is 4.98 Å². The van der Waals surface area contributed by atoms with Crippen LogP contribution in [-0.2, 0) is 0 Å². The van der Waals surface area contributed by atoms with Gasteiger partial charge in [0, 0.05) is 11.1 Å². The number of hydrogen-bond donors (Lipinski definition) is 1. The number of aromatic nitrogens is 2. The lowest BCUT2D eigenvalue weighted by Crippen LogP contribution is -2.12. The van der Waals surface area contributed by atoms with Gasteiger partial charge in [0.05, 0.1) is 25.5 Å². The topological polar surface area (TPSA) is 86.5 Å². The Hall–Kier alpha value is -4.13. The lowest BCUT2D eigenvalue weighted by Gasteiger charge is -2.10. The fourth-order valence-corrected chi connectivity index (χ4v) is 3.42. The number of hydrogen-bond acceptors (Lipinski definition) is 6. The van der Waals surface area contributed by atoms with Crippen molar-refractivity contribution < 1.29 is 18.8 Å². The van der Waals surface area contributed by atoms with Gasteiger partial charge >= 0.3 is 0 Å². The Morgan fingerprint density at radius 3 is 2.36 bits per heavy atom. The molecule has 0 aliphatic rings. The zero-order valence-electron chi connectivity index (χ0n) is 19.0. The summed E-state index contributed by atoms with van der Waals surface area (Å²) in [5.41, 5.74) is 3.68. The smallest absolute Gasteiger partial charge is 0.260 e. The molecule has 1 N–H and O–H groups in total. The number of methoxy groups -OCH3 is 2. The normalized spacial score (nSPS) is 10.8. The molecule has 0 saturated heterocycles. The van der Waals surface area contributed by atoms with Crippen molar-refractivity contribution in [3.05, 3.63) is 77.9 Å². The molecule has 0 spiro atoms. The van der Waals surface area contributed by atoms with Crippen LogP contribution in [0, 0.1) is 0 Å². The molecule has 0 saturated carbocycles. The van der Waals surface area contributed by atoms with E-state index in [0.29, 0.717) is 45.9 Å². The van der Waals surface area contributed by atoms with E-state index in [1.807, 2.05) is 48.5 Å². The van der Waals surface area contributed by atoms with Crippen LogP contribution in [0.5, 0.6) is 11.5 Å². The van der Waals surface area contributed by atoms with Gasteiger partial charge in [-0.15, -0.1) is 0 Å². The Morgan fingerprint density at radius 1 is 0.939 bits per heavy atom. The number of carbonyl (C=O) groups excluding carboxylic acids is 1. The van der Waals surface area contributed by atoms with Crippen molar-refractivity contribution in [1.82, 2.24) is 10.1 Å². The first-order valence-electron chi connectivity index (χ1n) is 10.6. The van der Waals surface area contributed by atoms with Gasteiger partial charge in [-0.3, -0.25) is 4.79 Å². The molecule has 1 aromatic heterocycles. The largest absolute Gasteiger partial charge is 0.493 e.